The molecule has 0 fully saturated rings. The summed E-state index contributed by atoms with van der Waals surface area (Å²) >= 11 is 0. The van der Waals surface area contributed by atoms with Crippen molar-refractivity contribution in [1.82, 2.24) is 0 Å². The molecule has 0 atom stereocenters. The van der Waals surface area contributed by atoms with Crippen LogP contribution in [0.4, 0.5) is 57.1 Å². The second-order valence-corrected chi connectivity index (χ2v) is 3.02. The molecular formula is C6F13-. The molecule has 0 aromatic rings. The predicted octanol–water partition coefficient (Wildman–Crippen LogP) is 4.52. The topological polar surface area (TPSA) is 0 Å². The Balaban J connectivity index is 5.97. The second-order valence-electron chi connectivity index (χ2n) is 3.02. The van der Waals surface area contributed by atoms with Gasteiger partial charge in [0, 0.05) is 0 Å². The zero-order valence-electron chi connectivity index (χ0n) is 7.91. The van der Waals surface area contributed by atoms with Gasteiger partial charge in [0.25, 0.3) is 12.4 Å². The highest BCUT2D eigenvalue weighted by Gasteiger charge is 2.75. The lowest BCUT2D eigenvalue weighted by molar-refractivity contribution is -0.374. The smallest absolute Gasteiger partial charge is 0.236 e. The molecule has 0 rings (SSSR count). The van der Waals surface area contributed by atoms with Gasteiger partial charge in [-0.1, -0.05) is 0 Å². The van der Waals surface area contributed by atoms with Gasteiger partial charge in [0.15, 0.2) is 0 Å². The maximum atomic E-state index is 12.4. The zero-order valence-corrected chi connectivity index (χ0v) is 7.91. The van der Waals surface area contributed by atoms with Gasteiger partial charge in [-0.3, -0.25) is 0 Å². The van der Waals surface area contributed by atoms with E-state index in [-0.39, 0.29) is 0 Å². The molecule has 0 bridgehead atoms. The standard InChI is InChI=1S/C6F13/c7-2(8,5(15,16)6(17,18)19)1(3(9,10)11)4(12,13)14/q-1. The van der Waals surface area contributed by atoms with E-state index in [1.54, 1.807) is 0 Å². The van der Waals surface area contributed by atoms with E-state index in [2.05, 4.69) is 0 Å². The van der Waals surface area contributed by atoms with Crippen molar-refractivity contribution in [3.05, 3.63) is 5.92 Å². The van der Waals surface area contributed by atoms with E-state index in [0.29, 0.717) is 0 Å². The molecule has 0 N–H and O–H groups in total. The Labute approximate surface area is 94.7 Å². The van der Waals surface area contributed by atoms with Crippen molar-refractivity contribution < 1.29 is 57.1 Å². The summed E-state index contributed by atoms with van der Waals surface area (Å²) in [5.74, 6) is -20.2. The van der Waals surface area contributed by atoms with Crippen LogP contribution >= 0.6 is 0 Å². The van der Waals surface area contributed by atoms with E-state index < -0.39 is 36.3 Å². The van der Waals surface area contributed by atoms with Crippen molar-refractivity contribution in [2.75, 3.05) is 0 Å². The van der Waals surface area contributed by atoms with Gasteiger partial charge in [0.1, 0.15) is 0 Å². The summed E-state index contributed by atoms with van der Waals surface area (Å²) in [5, 5.41) is 0. The fourth-order valence-electron chi connectivity index (χ4n) is 0.852. The average molecular weight is 319 g/mol. The maximum Gasteiger partial charge on any atom is 0.456 e. The fraction of sp³-hybridized carbons (Fsp3) is 0.833. The van der Waals surface area contributed by atoms with Gasteiger partial charge in [-0.15, -0.1) is 0 Å². The van der Waals surface area contributed by atoms with Crippen LogP contribution in [0.5, 0.6) is 0 Å². The number of hydrogen-bond donors (Lipinski definition) is 0. The van der Waals surface area contributed by atoms with Gasteiger partial charge in [-0.2, -0.15) is 22.0 Å². The molecule has 0 unspecified atom stereocenters. The van der Waals surface area contributed by atoms with Gasteiger partial charge in [0.2, 0.25) is 5.92 Å². The molecule has 13 heteroatoms. The van der Waals surface area contributed by atoms with E-state index in [1.165, 1.54) is 0 Å². The van der Waals surface area contributed by atoms with Gasteiger partial charge < -0.3 is 0 Å². The highest BCUT2D eigenvalue weighted by atomic mass is 19.4. The average Bonchev–Trinajstić information content (AvgIpc) is 1.92. The van der Waals surface area contributed by atoms with Crippen LogP contribution < -0.4 is 0 Å². The summed E-state index contributed by atoms with van der Waals surface area (Å²) in [6.07, 6.45) is -21.6. The Hall–Kier alpha value is -0.910. The summed E-state index contributed by atoms with van der Waals surface area (Å²) in [5.41, 5.74) is 0. The SMILES string of the molecule is FC(F)(F)[C-](C(F)(F)F)C(F)(F)C(F)(F)C(F)(F)F. The first-order chi connectivity index (χ1) is 7.87. The molecule has 19 heavy (non-hydrogen) atoms. The van der Waals surface area contributed by atoms with Gasteiger partial charge in [-0.05, 0) is 5.92 Å². The number of alkyl halides is 13. The monoisotopic (exact) mass is 319 g/mol. The van der Waals surface area contributed by atoms with Crippen molar-refractivity contribution >= 4 is 0 Å². The molecule has 0 radical (unpaired) electrons. The molecule has 0 aromatic heterocycles. The molecule has 0 aromatic carbocycles. The summed E-state index contributed by atoms with van der Waals surface area (Å²) in [6, 6.07) is 0. The minimum Gasteiger partial charge on any atom is -0.236 e. The summed E-state index contributed by atoms with van der Waals surface area (Å²) in [4.78, 5) is 0. The first-order valence-corrected chi connectivity index (χ1v) is 3.71. The molecule has 0 heterocycles. The maximum absolute atomic E-state index is 12.4. The molecule has 0 spiro atoms. The Kier molecular flexibility index (Phi) is 4.09. The van der Waals surface area contributed by atoms with Crippen molar-refractivity contribution in [2.45, 2.75) is 30.4 Å². The number of halogens is 13. The Bertz CT molecular complexity index is 299. The van der Waals surface area contributed by atoms with Crippen LogP contribution in [0.2, 0.25) is 0 Å². The molecule has 0 aliphatic carbocycles. The lowest BCUT2D eigenvalue weighted by Gasteiger charge is -2.45. The van der Waals surface area contributed by atoms with Crippen LogP contribution in [0, 0.1) is 5.92 Å². The summed E-state index contributed by atoms with van der Waals surface area (Å²) in [7, 11) is 0. The summed E-state index contributed by atoms with van der Waals surface area (Å²) < 4.78 is 154. The molecule has 0 amide bonds. The second kappa shape index (κ2) is 4.30. The third-order valence-corrected chi connectivity index (χ3v) is 1.63. The van der Waals surface area contributed by atoms with E-state index in [1.807, 2.05) is 0 Å². The zero-order chi connectivity index (χ0) is 16.1. The Morgan fingerprint density at radius 1 is 0.474 bits per heavy atom. The highest BCUT2D eigenvalue weighted by Crippen LogP contribution is 2.58. The van der Waals surface area contributed by atoms with E-state index in [9.17, 15) is 57.1 Å². The predicted molar refractivity (Wildman–Crippen MR) is 31.3 cm³/mol. The van der Waals surface area contributed by atoms with Crippen molar-refractivity contribution in [1.29, 1.82) is 0 Å². The Morgan fingerprint density at radius 2 is 0.737 bits per heavy atom. The molecular weight excluding hydrogens is 319 g/mol. The molecule has 0 aliphatic rings. The van der Waals surface area contributed by atoms with Crippen molar-refractivity contribution in [3.8, 4) is 0 Å². The fourth-order valence-corrected chi connectivity index (χ4v) is 0.852. The van der Waals surface area contributed by atoms with Crippen molar-refractivity contribution in [2.24, 2.45) is 0 Å². The minimum atomic E-state index is -7.54. The minimum absolute atomic E-state index is 5.13. The lowest BCUT2D eigenvalue weighted by Crippen LogP contribution is -2.61. The van der Waals surface area contributed by atoms with Gasteiger partial charge in [-0.25, -0.2) is 35.1 Å². The van der Waals surface area contributed by atoms with E-state index >= 15 is 0 Å². The third kappa shape index (κ3) is 3.16. The largest absolute Gasteiger partial charge is 0.456 e. The van der Waals surface area contributed by atoms with Gasteiger partial charge in [0.05, 0.1) is 0 Å². The first kappa shape index (κ1) is 18.1. The molecule has 116 valence electrons. The molecule has 0 saturated heterocycles. The number of rotatable bonds is 2. The lowest BCUT2D eigenvalue weighted by atomic mass is 9.94. The highest BCUT2D eigenvalue weighted by molar-refractivity contribution is 5.20. The van der Waals surface area contributed by atoms with Crippen molar-refractivity contribution in [3.63, 3.8) is 0 Å². The van der Waals surface area contributed by atoms with E-state index in [0.717, 1.165) is 0 Å². The van der Waals surface area contributed by atoms with Gasteiger partial charge >= 0.3 is 12.1 Å². The third-order valence-electron chi connectivity index (χ3n) is 1.63. The normalized spacial score (nSPS) is 16.1. The van der Waals surface area contributed by atoms with E-state index in [4.69, 9.17) is 0 Å². The van der Waals surface area contributed by atoms with Crippen LogP contribution in [-0.4, -0.2) is 30.4 Å². The molecule has 0 aliphatic heterocycles. The van der Waals surface area contributed by atoms with Crippen LogP contribution in [0.3, 0.4) is 0 Å². The Morgan fingerprint density at radius 3 is 0.895 bits per heavy atom. The van der Waals surface area contributed by atoms with Crippen LogP contribution in [0.1, 0.15) is 0 Å². The van der Waals surface area contributed by atoms with Crippen LogP contribution in [-0.2, 0) is 0 Å². The molecule has 0 saturated carbocycles. The molecule has 0 nitrogen and oxygen atoms in total. The van der Waals surface area contributed by atoms with Crippen LogP contribution in [0.25, 0.3) is 0 Å². The number of hydrogen-bond acceptors (Lipinski definition) is 0. The quantitative estimate of drug-likeness (QED) is 0.519. The van der Waals surface area contributed by atoms with Crippen LogP contribution in [0.15, 0.2) is 0 Å². The first-order valence-electron chi connectivity index (χ1n) is 3.71. The summed E-state index contributed by atoms with van der Waals surface area (Å²) in [6.45, 7) is 0.